The van der Waals surface area contributed by atoms with Crippen LogP contribution in [-0.2, 0) is 6.67 Å². The van der Waals surface area contributed by atoms with Crippen LogP contribution in [0.5, 0.6) is 0 Å². The predicted molar refractivity (Wildman–Crippen MR) is 82.9 cm³/mol. The van der Waals surface area contributed by atoms with E-state index in [-0.39, 0.29) is 0 Å². The highest BCUT2D eigenvalue weighted by molar-refractivity contribution is 5.20. The van der Waals surface area contributed by atoms with E-state index in [2.05, 4.69) is 19.1 Å². The average molecular weight is 304 g/mol. The second-order valence-electron chi connectivity index (χ2n) is 5.19. The first-order valence-electron chi connectivity index (χ1n) is 7.35. The Kier molecular flexibility index (Phi) is 3.40. The van der Waals surface area contributed by atoms with Crippen molar-refractivity contribution in [2.75, 3.05) is 0 Å². The summed E-state index contributed by atoms with van der Waals surface area (Å²) in [5.74, 6) is 1.81. The maximum atomic E-state index is 4.34. The van der Waals surface area contributed by atoms with Gasteiger partial charge in [-0.3, -0.25) is 0 Å². The molecule has 0 aliphatic carbocycles. The lowest BCUT2D eigenvalue weighted by molar-refractivity contribution is -0.912. The third-order valence-electron chi connectivity index (χ3n) is 3.54. The highest BCUT2D eigenvalue weighted by Gasteiger charge is 2.11. The van der Waals surface area contributed by atoms with E-state index in [1.54, 1.807) is 12.4 Å². The monoisotopic (exact) mass is 304 g/mol. The van der Waals surface area contributed by atoms with E-state index in [1.807, 2.05) is 83.0 Å². The first-order chi connectivity index (χ1) is 11.4. The van der Waals surface area contributed by atoms with Gasteiger partial charge < -0.3 is 0 Å². The molecule has 112 valence electrons. The summed E-state index contributed by atoms with van der Waals surface area (Å²) in [5, 5.41) is 0. The van der Waals surface area contributed by atoms with Crippen LogP contribution in [0.4, 0.5) is 0 Å². The fourth-order valence-electron chi connectivity index (χ4n) is 2.43. The second kappa shape index (κ2) is 5.84. The Morgan fingerprint density at radius 2 is 1.26 bits per heavy atom. The van der Waals surface area contributed by atoms with E-state index < -0.39 is 0 Å². The molecule has 0 saturated carbocycles. The molecule has 4 heterocycles. The lowest BCUT2D eigenvalue weighted by Crippen LogP contribution is -2.49. The molecule has 4 rings (SSSR count). The maximum absolute atomic E-state index is 4.34. The summed E-state index contributed by atoms with van der Waals surface area (Å²) in [6.07, 6.45) is 15.7. The average Bonchev–Trinajstić information content (AvgIpc) is 3.27. The molecule has 0 aliphatic heterocycles. The summed E-state index contributed by atoms with van der Waals surface area (Å²) in [7, 11) is 0. The zero-order valence-electron chi connectivity index (χ0n) is 12.5. The number of aromatic nitrogens is 6. The van der Waals surface area contributed by atoms with E-state index in [0.717, 1.165) is 18.3 Å². The fourth-order valence-corrected chi connectivity index (χ4v) is 2.43. The minimum atomic E-state index is 0.722. The van der Waals surface area contributed by atoms with Gasteiger partial charge in [-0.1, -0.05) is 12.1 Å². The van der Waals surface area contributed by atoms with Gasteiger partial charge in [-0.05, 0) is 12.1 Å². The number of rotatable bonds is 4. The minimum absolute atomic E-state index is 0.722. The minimum Gasteiger partial charge on any atom is -0.218 e. The Balaban J connectivity index is 1.53. The fraction of sp³-hybridized carbons (Fsp3) is 0.0588. The van der Waals surface area contributed by atoms with Crippen molar-refractivity contribution in [3.05, 3.63) is 86.2 Å². The van der Waals surface area contributed by atoms with Gasteiger partial charge in [0.25, 0.3) is 12.7 Å². The highest BCUT2D eigenvalue weighted by Crippen LogP contribution is 2.01. The van der Waals surface area contributed by atoms with Gasteiger partial charge in [-0.15, -0.1) is 0 Å². The zero-order chi connectivity index (χ0) is 15.5. The first-order valence-corrected chi connectivity index (χ1v) is 7.35. The largest absolute Gasteiger partial charge is 0.253 e. The molecule has 0 radical (unpaired) electrons. The van der Waals surface area contributed by atoms with Gasteiger partial charge in [0.15, 0.2) is 0 Å². The summed E-state index contributed by atoms with van der Waals surface area (Å²) < 4.78 is 8.18. The molecule has 0 aromatic carbocycles. The molecule has 0 unspecified atom stereocenters. The molecule has 0 bridgehead atoms. The Labute approximate surface area is 133 Å². The van der Waals surface area contributed by atoms with Crippen LogP contribution in [0.2, 0.25) is 0 Å². The van der Waals surface area contributed by atoms with Gasteiger partial charge in [0.05, 0.1) is 0 Å². The SMILES string of the molecule is c1ccc(-n2cc[n+](C[n+]3ccn(-c4ccccn4)c3)c2)nc1. The van der Waals surface area contributed by atoms with Crippen molar-refractivity contribution in [3.8, 4) is 11.6 Å². The smallest absolute Gasteiger partial charge is 0.218 e. The van der Waals surface area contributed by atoms with Crippen molar-refractivity contribution < 1.29 is 9.13 Å². The summed E-state index contributed by atoms with van der Waals surface area (Å²) in [6.45, 7) is 0.722. The van der Waals surface area contributed by atoms with Crippen molar-refractivity contribution in [3.63, 3.8) is 0 Å². The molecular weight excluding hydrogens is 288 g/mol. The van der Waals surface area contributed by atoms with Crippen LogP contribution < -0.4 is 9.13 Å². The Morgan fingerprint density at radius 3 is 1.70 bits per heavy atom. The molecule has 0 amide bonds. The molecule has 6 heteroatoms. The van der Waals surface area contributed by atoms with Crippen LogP contribution in [-0.4, -0.2) is 19.1 Å². The number of nitrogens with zero attached hydrogens (tertiary/aromatic N) is 6. The van der Waals surface area contributed by atoms with Gasteiger partial charge in [-0.25, -0.2) is 9.97 Å². The molecule has 0 N–H and O–H groups in total. The van der Waals surface area contributed by atoms with Crippen LogP contribution in [0.15, 0.2) is 86.2 Å². The summed E-state index contributed by atoms with van der Waals surface area (Å²) in [5.41, 5.74) is 0. The Hall–Kier alpha value is -3.28. The lowest BCUT2D eigenvalue weighted by atomic mass is 10.5. The quantitative estimate of drug-likeness (QED) is 0.531. The molecule has 0 spiro atoms. The number of hydrogen-bond donors (Lipinski definition) is 0. The van der Waals surface area contributed by atoms with Crippen molar-refractivity contribution in [2.24, 2.45) is 0 Å². The highest BCUT2D eigenvalue weighted by atomic mass is 15.2. The van der Waals surface area contributed by atoms with Gasteiger partial charge in [0, 0.05) is 24.5 Å². The summed E-state index contributed by atoms with van der Waals surface area (Å²) >= 11 is 0. The van der Waals surface area contributed by atoms with E-state index in [4.69, 9.17) is 0 Å². The van der Waals surface area contributed by atoms with Crippen LogP contribution in [0.3, 0.4) is 0 Å². The van der Waals surface area contributed by atoms with Crippen LogP contribution in [0.25, 0.3) is 11.6 Å². The van der Waals surface area contributed by atoms with E-state index in [1.165, 1.54) is 0 Å². The molecular formula is C17H16N6+2. The van der Waals surface area contributed by atoms with Gasteiger partial charge >= 0.3 is 0 Å². The zero-order valence-corrected chi connectivity index (χ0v) is 12.5. The van der Waals surface area contributed by atoms with Crippen LogP contribution in [0.1, 0.15) is 0 Å². The third kappa shape index (κ3) is 2.87. The van der Waals surface area contributed by atoms with E-state index >= 15 is 0 Å². The molecule has 0 atom stereocenters. The Morgan fingerprint density at radius 1 is 0.739 bits per heavy atom. The van der Waals surface area contributed by atoms with Crippen molar-refractivity contribution in [1.29, 1.82) is 0 Å². The van der Waals surface area contributed by atoms with Crippen LogP contribution in [0, 0.1) is 0 Å². The molecule has 4 aromatic rings. The van der Waals surface area contributed by atoms with Gasteiger partial charge in [0.1, 0.15) is 24.8 Å². The summed E-state index contributed by atoms with van der Waals surface area (Å²) in [6, 6.07) is 11.8. The maximum Gasteiger partial charge on any atom is 0.253 e. The first kappa shape index (κ1) is 13.4. The standard InChI is InChI=1S/C17H16N6/c1-3-7-18-16(5-1)22-11-9-20(14-22)13-21-10-12-23(15-21)17-6-2-4-8-19-17/h1-12,14-15H,13H2/q+2. The van der Waals surface area contributed by atoms with Crippen LogP contribution >= 0.6 is 0 Å². The second-order valence-corrected chi connectivity index (χ2v) is 5.19. The summed E-state index contributed by atoms with van der Waals surface area (Å²) in [4.78, 5) is 8.69. The molecule has 23 heavy (non-hydrogen) atoms. The number of pyridine rings is 2. The van der Waals surface area contributed by atoms with Gasteiger partial charge in [0.2, 0.25) is 18.3 Å². The topological polar surface area (TPSA) is 43.4 Å². The molecule has 0 saturated heterocycles. The lowest BCUT2D eigenvalue weighted by Gasteiger charge is -1.94. The van der Waals surface area contributed by atoms with E-state index in [0.29, 0.717) is 0 Å². The molecule has 4 aromatic heterocycles. The number of hydrogen-bond acceptors (Lipinski definition) is 2. The number of imidazole rings is 2. The Bertz CT molecular complexity index is 819. The van der Waals surface area contributed by atoms with Crippen molar-refractivity contribution in [2.45, 2.75) is 6.67 Å². The molecule has 6 nitrogen and oxygen atoms in total. The van der Waals surface area contributed by atoms with Crippen molar-refractivity contribution in [1.82, 2.24) is 19.1 Å². The molecule has 0 fully saturated rings. The van der Waals surface area contributed by atoms with E-state index in [9.17, 15) is 0 Å². The predicted octanol–water partition coefficient (Wildman–Crippen LogP) is 1.14. The normalized spacial score (nSPS) is 10.8. The molecule has 0 aliphatic rings. The van der Waals surface area contributed by atoms with Crippen molar-refractivity contribution >= 4 is 0 Å². The third-order valence-corrected chi connectivity index (χ3v) is 3.54. The van der Waals surface area contributed by atoms with Gasteiger partial charge in [-0.2, -0.15) is 18.3 Å².